The highest BCUT2D eigenvalue weighted by Gasteiger charge is 2.23. The zero-order chi connectivity index (χ0) is 18.8. The normalized spacial score (nSPS) is 11.9. The van der Waals surface area contributed by atoms with Crippen LogP contribution in [-0.4, -0.2) is 19.1 Å². The van der Waals surface area contributed by atoms with E-state index >= 15 is 0 Å². The third-order valence-electron chi connectivity index (χ3n) is 5.61. The van der Waals surface area contributed by atoms with Crippen LogP contribution in [0.5, 0.6) is 0 Å². The molecule has 28 heavy (non-hydrogen) atoms. The lowest BCUT2D eigenvalue weighted by Gasteiger charge is -2.14. The van der Waals surface area contributed by atoms with E-state index in [9.17, 15) is 0 Å². The van der Waals surface area contributed by atoms with Crippen LogP contribution in [0, 0.1) is 13.8 Å². The van der Waals surface area contributed by atoms with E-state index in [-0.39, 0.29) is 0 Å². The van der Waals surface area contributed by atoms with Gasteiger partial charge in [0.2, 0.25) is 0 Å². The van der Waals surface area contributed by atoms with Crippen LogP contribution in [-0.2, 0) is 0 Å². The summed E-state index contributed by atoms with van der Waals surface area (Å²) in [5, 5.41) is 13.1. The first kappa shape index (κ1) is 15.7. The fourth-order valence-electron chi connectivity index (χ4n) is 4.27. The maximum Gasteiger partial charge on any atom is 0.144 e. The topological polar surface area (TPSA) is 64.7 Å². The molecule has 0 aliphatic carbocycles. The summed E-state index contributed by atoms with van der Waals surface area (Å²) in [5.41, 5.74) is 7.66. The molecule has 0 aliphatic rings. The molecule has 6 aromatic rings. The minimum absolute atomic E-state index is 0.763. The molecule has 0 unspecified atom stereocenters. The molecule has 0 saturated carbocycles. The molecule has 0 spiro atoms. The van der Waals surface area contributed by atoms with Crippen LogP contribution in [0.4, 0.5) is 0 Å². The Morgan fingerprint density at radius 3 is 1.79 bits per heavy atom. The molecule has 0 saturated heterocycles. The molecule has 0 atom stereocenters. The number of hydrogen-bond acceptors (Lipinski definition) is 6. The number of aryl methyl sites for hydroxylation is 2. The molecule has 2 aromatic heterocycles. The Morgan fingerprint density at radius 1 is 0.607 bits per heavy atom. The molecule has 6 heteroatoms. The van der Waals surface area contributed by atoms with Gasteiger partial charge in [0.1, 0.15) is 22.1 Å². The summed E-state index contributed by atoms with van der Waals surface area (Å²) in [6.45, 7) is 4.17. The molecule has 0 bridgehead atoms. The molecule has 0 aliphatic heterocycles. The summed E-state index contributed by atoms with van der Waals surface area (Å²) >= 11 is 1.24. The van der Waals surface area contributed by atoms with Crippen LogP contribution in [0.3, 0.4) is 0 Å². The molecule has 2 heterocycles. The number of rotatable bonds is 1. The average Bonchev–Trinajstić information content (AvgIpc) is 3.40. The maximum absolute atomic E-state index is 5.18. The number of hydrogen-bond donors (Lipinski definition) is 0. The summed E-state index contributed by atoms with van der Waals surface area (Å²) in [6, 6.07) is 16.8. The molecule has 6 rings (SSSR count). The van der Waals surface area contributed by atoms with Gasteiger partial charge in [-0.05, 0) is 56.8 Å². The lowest BCUT2D eigenvalue weighted by Crippen LogP contribution is -1.93. The summed E-state index contributed by atoms with van der Waals surface area (Å²) in [4.78, 5) is 0. The first-order chi connectivity index (χ1) is 13.8. The van der Waals surface area contributed by atoms with Crippen molar-refractivity contribution in [3.8, 4) is 11.1 Å². The van der Waals surface area contributed by atoms with Crippen LogP contribution < -0.4 is 0 Å². The first-order valence-corrected chi connectivity index (χ1v) is 9.76. The van der Waals surface area contributed by atoms with Crippen molar-refractivity contribution in [1.29, 1.82) is 0 Å². The maximum atomic E-state index is 5.18. The minimum atomic E-state index is 0.763. The highest BCUT2D eigenvalue weighted by molar-refractivity contribution is 7.00. The van der Waals surface area contributed by atoms with Crippen LogP contribution in [0.15, 0.2) is 53.2 Å². The van der Waals surface area contributed by atoms with Crippen LogP contribution in [0.25, 0.3) is 54.7 Å². The van der Waals surface area contributed by atoms with Crippen molar-refractivity contribution in [2.24, 2.45) is 0 Å². The van der Waals surface area contributed by atoms with E-state index in [2.05, 4.69) is 75.4 Å². The van der Waals surface area contributed by atoms with E-state index in [1.165, 1.54) is 17.1 Å². The molecule has 134 valence electrons. The van der Waals surface area contributed by atoms with E-state index in [1.807, 2.05) is 6.07 Å². The quantitative estimate of drug-likeness (QED) is 0.359. The fourth-order valence-corrected chi connectivity index (χ4v) is 4.88. The second-order valence-electron chi connectivity index (χ2n) is 7.01. The lowest BCUT2D eigenvalue weighted by atomic mass is 9.88. The van der Waals surface area contributed by atoms with Crippen molar-refractivity contribution in [3.05, 3.63) is 59.7 Å². The van der Waals surface area contributed by atoms with Crippen molar-refractivity contribution in [1.82, 2.24) is 19.1 Å². The number of benzene rings is 4. The Labute approximate surface area is 163 Å². The van der Waals surface area contributed by atoms with Crippen LogP contribution in [0.2, 0.25) is 0 Å². The zero-order valence-corrected chi connectivity index (χ0v) is 16.0. The van der Waals surface area contributed by atoms with E-state index in [4.69, 9.17) is 4.63 Å². The van der Waals surface area contributed by atoms with Gasteiger partial charge >= 0.3 is 0 Å². The van der Waals surface area contributed by atoms with Crippen molar-refractivity contribution >= 4 is 55.3 Å². The van der Waals surface area contributed by atoms with Gasteiger partial charge in [0.15, 0.2) is 0 Å². The van der Waals surface area contributed by atoms with Gasteiger partial charge < -0.3 is 0 Å². The molecule has 4 aromatic carbocycles. The molecule has 0 fully saturated rings. The monoisotopic (exact) mass is 382 g/mol. The highest BCUT2D eigenvalue weighted by Crippen LogP contribution is 2.44. The summed E-state index contributed by atoms with van der Waals surface area (Å²) < 4.78 is 14.4. The van der Waals surface area contributed by atoms with E-state index in [0.29, 0.717) is 0 Å². The SMILES string of the molecule is Cc1c2ccccc2c(-c2c3ccccc3c(C)c3nsnc23)c2nonc12. The molecular formula is C22H14N4OS. The van der Waals surface area contributed by atoms with Gasteiger partial charge in [-0.3, -0.25) is 0 Å². The first-order valence-electron chi connectivity index (χ1n) is 9.03. The second-order valence-corrected chi connectivity index (χ2v) is 7.54. The Morgan fingerprint density at radius 2 is 1.11 bits per heavy atom. The number of nitrogens with zero attached hydrogens (tertiary/aromatic N) is 4. The molecule has 5 nitrogen and oxygen atoms in total. The Bertz CT molecular complexity index is 1430. The van der Waals surface area contributed by atoms with Crippen molar-refractivity contribution in [2.45, 2.75) is 13.8 Å². The zero-order valence-electron chi connectivity index (χ0n) is 15.2. The molecule has 0 N–H and O–H groups in total. The Kier molecular flexibility index (Phi) is 3.11. The predicted molar refractivity (Wildman–Crippen MR) is 113 cm³/mol. The summed E-state index contributed by atoms with van der Waals surface area (Å²) in [6.07, 6.45) is 0. The van der Waals surface area contributed by atoms with Gasteiger partial charge in [0.05, 0.1) is 11.7 Å². The van der Waals surface area contributed by atoms with Crippen LogP contribution >= 0.6 is 11.7 Å². The lowest BCUT2D eigenvalue weighted by molar-refractivity contribution is 0.315. The summed E-state index contributed by atoms with van der Waals surface area (Å²) in [5.74, 6) is 0. The third-order valence-corrected chi connectivity index (χ3v) is 6.14. The van der Waals surface area contributed by atoms with Gasteiger partial charge in [-0.1, -0.05) is 48.5 Å². The largest absolute Gasteiger partial charge is 0.243 e. The van der Waals surface area contributed by atoms with E-state index in [0.717, 1.165) is 60.5 Å². The molecular weight excluding hydrogens is 368 g/mol. The second kappa shape index (κ2) is 5.56. The van der Waals surface area contributed by atoms with Gasteiger partial charge in [-0.25, -0.2) is 4.63 Å². The Balaban J connectivity index is 1.96. The fraction of sp³-hybridized carbons (Fsp3) is 0.0909. The molecule has 0 amide bonds. The number of aromatic nitrogens is 4. The van der Waals surface area contributed by atoms with Crippen molar-refractivity contribution in [2.75, 3.05) is 0 Å². The van der Waals surface area contributed by atoms with Crippen molar-refractivity contribution in [3.63, 3.8) is 0 Å². The average molecular weight is 382 g/mol. The third kappa shape index (κ3) is 1.90. The van der Waals surface area contributed by atoms with E-state index < -0.39 is 0 Å². The van der Waals surface area contributed by atoms with Gasteiger partial charge in [0, 0.05) is 11.1 Å². The standard InChI is InChI=1S/C22H14N4OS/c1-11-13-7-3-5-9-15(13)17(21-19(11)23-27-24-21)18-16-10-6-4-8-14(16)12(2)20-22(18)26-28-25-20/h3-10H,1-2H3. The highest BCUT2D eigenvalue weighted by atomic mass is 32.1. The van der Waals surface area contributed by atoms with Crippen molar-refractivity contribution < 1.29 is 4.63 Å². The number of fused-ring (bicyclic) bond motifs is 4. The van der Waals surface area contributed by atoms with Gasteiger partial charge in [0.25, 0.3) is 0 Å². The predicted octanol–water partition coefficient (Wildman–Crippen LogP) is 5.82. The van der Waals surface area contributed by atoms with E-state index in [1.54, 1.807) is 0 Å². The Hall–Kier alpha value is -3.38. The van der Waals surface area contributed by atoms with Gasteiger partial charge in [-0.15, -0.1) is 0 Å². The molecule has 0 radical (unpaired) electrons. The van der Waals surface area contributed by atoms with Crippen LogP contribution in [0.1, 0.15) is 11.1 Å². The summed E-state index contributed by atoms with van der Waals surface area (Å²) in [7, 11) is 0. The minimum Gasteiger partial charge on any atom is -0.243 e. The smallest absolute Gasteiger partial charge is 0.144 e. The van der Waals surface area contributed by atoms with Gasteiger partial charge in [-0.2, -0.15) is 8.75 Å².